The Morgan fingerprint density at radius 3 is 2.68 bits per heavy atom. The Bertz CT molecular complexity index is 643. The summed E-state index contributed by atoms with van der Waals surface area (Å²) >= 11 is 9.40. The molecule has 98 valence electrons. The van der Waals surface area contributed by atoms with Gasteiger partial charge in [0.2, 0.25) is 0 Å². The van der Waals surface area contributed by atoms with Crippen molar-refractivity contribution in [3.8, 4) is 0 Å². The second-order valence-corrected chi connectivity index (χ2v) is 5.42. The normalized spacial score (nSPS) is 10.3. The first-order chi connectivity index (χ1) is 8.97. The molecule has 0 saturated carbocycles. The van der Waals surface area contributed by atoms with Gasteiger partial charge in [-0.15, -0.1) is 0 Å². The van der Waals surface area contributed by atoms with Gasteiger partial charge in [-0.1, -0.05) is 27.5 Å². The molecule has 0 aliphatic heterocycles. The molecule has 2 aromatic carbocycles. The highest BCUT2D eigenvalue weighted by Crippen LogP contribution is 2.25. The second kappa shape index (κ2) is 5.63. The van der Waals surface area contributed by atoms with Crippen LogP contribution in [0.3, 0.4) is 0 Å². The fourth-order valence-corrected chi connectivity index (χ4v) is 2.03. The molecule has 0 atom stereocenters. The number of rotatable bonds is 2. The number of halogens is 2. The lowest BCUT2D eigenvalue weighted by Gasteiger charge is -2.09. The highest BCUT2D eigenvalue weighted by molar-refractivity contribution is 9.10. The van der Waals surface area contributed by atoms with Gasteiger partial charge in [0.25, 0.3) is 5.91 Å². The van der Waals surface area contributed by atoms with E-state index in [1.807, 2.05) is 13.0 Å². The molecule has 2 aromatic rings. The zero-order chi connectivity index (χ0) is 14.0. The molecule has 0 aliphatic rings. The van der Waals surface area contributed by atoms with Gasteiger partial charge in [-0.25, -0.2) is 0 Å². The maximum atomic E-state index is 12.1. The van der Waals surface area contributed by atoms with E-state index in [4.69, 9.17) is 17.3 Å². The Morgan fingerprint density at radius 1 is 1.26 bits per heavy atom. The minimum absolute atomic E-state index is 0.219. The third kappa shape index (κ3) is 3.28. The van der Waals surface area contributed by atoms with Gasteiger partial charge < -0.3 is 11.1 Å². The lowest BCUT2D eigenvalue weighted by molar-refractivity contribution is 0.102. The second-order valence-electron chi connectivity index (χ2n) is 4.16. The van der Waals surface area contributed by atoms with Crippen molar-refractivity contribution in [2.24, 2.45) is 0 Å². The molecule has 0 radical (unpaired) electrons. The molecule has 0 bridgehead atoms. The monoisotopic (exact) mass is 338 g/mol. The summed E-state index contributed by atoms with van der Waals surface area (Å²) in [5.74, 6) is -0.219. The van der Waals surface area contributed by atoms with Crippen LogP contribution in [-0.2, 0) is 0 Å². The standard InChI is InChI=1S/C14H12BrClN2O/c1-8-6-9(2-4-11(8)15)14(19)18-13-7-10(17)3-5-12(13)16/h2-7H,17H2,1H3,(H,18,19). The lowest BCUT2D eigenvalue weighted by Crippen LogP contribution is -2.12. The number of carbonyl (C=O) groups excluding carboxylic acids is 1. The molecule has 0 spiro atoms. The SMILES string of the molecule is Cc1cc(C(=O)Nc2cc(N)ccc2Cl)ccc1Br. The van der Waals surface area contributed by atoms with Crippen molar-refractivity contribution in [1.82, 2.24) is 0 Å². The summed E-state index contributed by atoms with van der Waals surface area (Å²) < 4.78 is 0.964. The van der Waals surface area contributed by atoms with Crippen LogP contribution in [0.2, 0.25) is 5.02 Å². The first kappa shape index (κ1) is 13.9. The summed E-state index contributed by atoms with van der Waals surface area (Å²) in [7, 11) is 0. The van der Waals surface area contributed by atoms with Gasteiger partial charge in [0.15, 0.2) is 0 Å². The van der Waals surface area contributed by atoms with Crippen molar-refractivity contribution >= 4 is 44.8 Å². The highest BCUT2D eigenvalue weighted by atomic mass is 79.9. The number of hydrogen-bond acceptors (Lipinski definition) is 2. The summed E-state index contributed by atoms with van der Waals surface area (Å²) in [6, 6.07) is 10.4. The number of aryl methyl sites for hydroxylation is 1. The zero-order valence-corrected chi connectivity index (χ0v) is 12.5. The van der Waals surface area contributed by atoms with Gasteiger partial charge in [-0.2, -0.15) is 0 Å². The van der Waals surface area contributed by atoms with Crippen molar-refractivity contribution in [3.05, 3.63) is 57.0 Å². The summed E-state index contributed by atoms with van der Waals surface area (Å²) in [6.07, 6.45) is 0. The minimum atomic E-state index is -0.219. The Balaban J connectivity index is 2.25. The molecule has 0 saturated heterocycles. The van der Waals surface area contributed by atoms with E-state index in [-0.39, 0.29) is 5.91 Å². The van der Waals surface area contributed by atoms with Gasteiger partial charge in [0.05, 0.1) is 10.7 Å². The molecule has 3 N–H and O–H groups in total. The number of anilines is 2. The number of benzene rings is 2. The molecule has 19 heavy (non-hydrogen) atoms. The van der Waals surface area contributed by atoms with E-state index in [1.54, 1.807) is 30.3 Å². The van der Waals surface area contributed by atoms with Crippen LogP contribution in [0.5, 0.6) is 0 Å². The maximum absolute atomic E-state index is 12.1. The molecule has 0 unspecified atom stereocenters. The van der Waals surface area contributed by atoms with Crippen molar-refractivity contribution in [2.45, 2.75) is 6.92 Å². The fraction of sp³-hybridized carbons (Fsp3) is 0.0714. The number of hydrogen-bond donors (Lipinski definition) is 2. The molecule has 0 heterocycles. The smallest absolute Gasteiger partial charge is 0.255 e. The first-order valence-corrected chi connectivity index (χ1v) is 6.77. The Hall–Kier alpha value is -1.52. The molecule has 3 nitrogen and oxygen atoms in total. The third-order valence-electron chi connectivity index (χ3n) is 2.66. The highest BCUT2D eigenvalue weighted by Gasteiger charge is 2.09. The van der Waals surface area contributed by atoms with Crippen molar-refractivity contribution in [2.75, 3.05) is 11.1 Å². The van der Waals surface area contributed by atoms with E-state index < -0.39 is 0 Å². The average molecular weight is 340 g/mol. The van der Waals surface area contributed by atoms with Crippen LogP contribution < -0.4 is 11.1 Å². The van der Waals surface area contributed by atoms with Crippen LogP contribution >= 0.6 is 27.5 Å². The summed E-state index contributed by atoms with van der Waals surface area (Å²) in [4.78, 5) is 12.1. The number of nitrogens with one attached hydrogen (secondary N) is 1. The van der Waals surface area contributed by atoms with Crippen molar-refractivity contribution in [1.29, 1.82) is 0 Å². The van der Waals surface area contributed by atoms with Crippen LogP contribution in [-0.4, -0.2) is 5.91 Å². The largest absolute Gasteiger partial charge is 0.399 e. The summed E-state index contributed by atoms with van der Waals surface area (Å²) in [5, 5.41) is 3.20. The molecular formula is C14H12BrClN2O. The third-order valence-corrected chi connectivity index (χ3v) is 3.88. The molecule has 1 amide bonds. The number of nitrogen functional groups attached to an aromatic ring is 1. The van der Waals surface area contributed by atoms with E-state index in [1.165, 1.54) is 0 Å². The average Bonchev–Trinajstić information content (AvgIpc) is 2.37. The predicted molar refractivity (Wildman–Crippen MR) is 82.7 cm³/mol. The Labute approximate surface area is 124 Å². The van der Waals surface area contributed by atoms with Crippen LogP contribution in [0.1, 0.15) is 15.9 Å². The molecule has 2 rings (SSSR count). The maximum Gasteiger partial charge on any atom is 0.255 e. The van der Waals surface area contributed by atoms with E-state index >= 15 is 0 Å². The van der Waals surface area contributed by atoms with Crippen LogP contribution in [0.15, 0.2) is 40.9 Å². The van der Waals surface area contributed by atoms with Gasteiger partial charge >= 0.3 is 0 Å². The molecule has 0 fully saturated rings. The first-order valence-electron chi connectivity index (χ1n) is 5.60. The van der Waals surface area contributed by atoms with E-state index in [0.717, 1.165) is 10.0 Å². The molecule has 5 heteroatoms. The minimum Gasteiger partial charge on any atom is -0.399 e. The quantitative estimate of drug-likeness (QED) is 0.804. The van der Waals surface area contributed by atoms with Crippen LogP contribution in [0.4, 0.5) is 11.4 Å². The lowest BCUT2D eigenvalue weighted by atomic mass is 10.1. The van der Waals surface area contributed by atoms with E-state index in [9.17, 15) is 4.79 Å². The van der Waals surface area contributed by atoms with Gasteiger partial charge in [-0.05, 0) is 48.9 Å². The molecule has 0 aliphatic carbocycles. The number of carbonyl (C=O) groups is 1. The predicted octanol–water partition coefficient (Wildman–Crippen LogP) is 4.25. The summed E-state index contributed by atoms with van der Waals surface area (Å²) in [5.41, 5.74) is 8.28. The van der Waals surface area contributed by atoms with Gasteiger partial charge in [0, 0.05) is 15.7 Å². The molecule has 0 aromatic heterocycles. The number of nitrogens with two attached hydrogens (primary N) is 1. The van der Waals surface area contributed by atoms with Gasteiger partial charge in [0.1, 0.15) is 0 Å². The van der Waals surface area contributed by atoms with Gasteiger partial charge in [-0.3, -0.25) is 4.79 Å². The zero-order valence-electron chi connectivity index (χ0n) is 10.2. The van der Waals surface area contributed by atoms with Crippen molar-refractivity contribution in [3.63, 3.8) is 0 Å². The van der Waals surface area contributed by atoms with Crippen molar-refractivity contribution < 1.29 is 4.79 Å². The molecular weight excluding hydrogens is 328 g/mol. The Kier molecular flexibility index (Phi) is 4.12. The summed E-state index contributed by atoms with van der Waals surface area (Å²) in [6.45, 7) is 1.92. The topological polar surface area (TPSA) is 55.1 Å². The van der Waals surface area contributed by atoms with Crippen LogP contribution in [0, 0.1) is 6.92 Å². The Morgan fingerprint density at radius 2 is 2.00 bits per heavy atom. The van der Waals surface area contributed by atoms with E-state index in [2.05, 4.69) is 21.2 Å². The fourth-order valence-electron chi connectivity index (χ4n) is 1.62. The number of amides is 1. The van der Waals surface area contributed by atoms with E-state index in [0.29, 0.717) is 22.0 Å². The van der Waals surface area contributed by atoms with Crippen LogP contribution in [0.25, 0.3) is 0 Å².